The van der Waals surface area contributed by atoms with Gasteiger partial charge in [-0.2, -0.15) is 0 Å². The summed E-state index contributed by atoms with van der Waals surface area (Å²) in [5.41, 5.74) is 6.14. The molecule has 5 aromatic carbocycles. The molecule has 2 unspecified atom stereocenters. The number of carbonyl (C=O) groups is 3. The monoisotopic (exact) mass is 766 g/mol. The van der Waals surface area contributed by atoms with Crippen LogP contribution in [0.5, 0.6) is 5.88 Å². The van der Waals surface area contributed by atoms with Gasteiger partial charge in [-0.15, -0.1) is 0 Å². The van der Waals surface area contributed by atoms with Crippen molar-refractivity contribution in [3.05, 3.63) is 159 Å². The van der Waals surface area contributed by atoms with Crippen molar-refractivity contribution in [2.45, 2.75) is 39.3 Å². The third-order valence-corrected chi connectivity index (χ3v) is 12.0. The molecule has 2 saturated heterocycles. The third kappa shape index (κ3) is 4.89. The number of Topliss-reactive ketones (excluding diaryl/α,β-unsaturated/α-hetero) is 1. The molecule has 4 aliphatic heterocycles. The van der Waals surface area contributed by atoms with Crippen molar-refractivity contribution < 1.29 is 19.5 Å². The lowest BCUT2D eigenvalue weighted by Crippen LogP contribution is -2.51. The number of H-pyrrole nitrogens is 1. The van der Waals surface area contributed by atoms with E-state index in [-0.39, 0.29) is 41.0 Å². The molecular weight excluding hydrogens is 729 g/mol. The molecule has 58 heavy (non-hydrogen) atoms. The molecule has 286 valence electrons. The number of carbonyl (C=O) groups excluding carboxylic acids is 3. The predicted molar refractivity (Wildman–Crippen MR) is 222 cm³/mol. The second-order valence-corrected chi connectivity index (χ2v) is 15.9. The van der Waals surface area contributed by atoms with E-state index in [2.05, 4.69) is 29.1 Å². The van der Waals surface area contributed by atoms with Gasteiger partial charge in [-0.05, 0) is 79.4 Å². The molecular formula is C47H38N6O5. The Morgan fingerprint density at radius 3 is 2.21 bits per heavy atom. The van der Waals surface area contributed by atoms with Gasteiger partial charge in [0, 0.05) is 28.1 Å². The lowest BCUT2D eigenvalue weighted by Gasteiger charge is -2.32. The molecule has 6 heterocycles. The van der Waals surface area contributed by atoms with E-state index in [0.717, 1.165) is 27.6 Å². The SMILES string of the molecule is Cc1cc(C)cc(N2C(=O)[C@H]3C(C(C)C)NC4(c5ccccc5-n5c4nc4ccccc4c5=O)[C@H]3C2=O)c1.O=C1C(c2c(O)[nH]c3ccccc23)=Nc2ccccc21. The number of aromatic nitrogens is 3. The maximum atomic E-state index is 14.5. The molecule has 0 radical (unpaired) electrons. The second kappa shape index (κ2) is 12.8. The van der Waals surface area contributed by atoms with E-state index >= 15 is 0 Å². The van der Waals surface area contributed by atoms with Crippen molar-refractivity contribution in [3.8, 4) is 11.6 Å². The van der Waals surface area contributed by atoms with Crippen molar-refractivity contribution in [1.82, 2.24) is 19.9 Å². The smallest absolute Gasteiger partial charge is 0.266 e. The Labute approximate surface area is 332 Å². The minimum atomic E-state index is -1.11. The topological polar surface area (TPSA) is 150 Å². The summed E-state index contributed by atoms with van der Waals surface area (Å²) in [7, 11) is 0. The van der Waals surface area contributed by atoms with Crippen LogP contribution in [-0.2, 0) is 15.1 Å². The number of aryl methyl sites for hydroxylation is 2. The number of aliphatic imine (C=N–C) groups is 1. The molecule has 0 bridgehead atoms. The average Bonchev–Trinajstić information content (AvgIpc) is 3.97. The summed E-state index contributed by atoms with van der Waals surface area (Å²) in [5, 5.41) is 15.2. The molecule has 2 fully saturated rings. The van der Waals surface area contributed by atoms with Gasteiger partial charge < -0.3 is 10.1 Å². The molecule has 4 atom stereocenters. The van der Waals surface area contributed by atoms with Gasteiger partial charge in [-0.1, -0.05) is 80.6 Å². The van der Waals surface area contributed by atoms with Crippen LogP contribution in [0.25, 0.3) is 27.5 Å². The number of rotatable bonds is 3. The van der Waals surface area contributed by atoms with Crippen molar-refractivity contribution in [1.29, 1.82) is 0 Å². The number of imide groups is 1. The van der Waals surface area contributed by atoms with Crippen LogP contribution in [0.1, 0.15) is 52.3 Å². The highest BCUT2D eigenvalue weighted by atomic mass is 16.3. The van der Waals surface area contributed by atoms with Crippen LogP contribution in [0.3, 0.4) is 0 Å². The summed E-state index contributed by atoms with van der Waals surface area (Å²) in [6.07, 6.45) is 0. The van der Waals surface area contributed by atoms with Gasteiger partial charge in [0.05, 0.1) is 45.4 Å². The first-order valence-electron chi connectivity index (χ1n) is 19.4. The first-order chi connectivity index (χ1) is 28.0. The molecule has 7 aromatic rings. The highest BCUT2D eigenvalue weighted by molar-refractivity contribution is 6.56. The number of anilines is 1. The Morgan fingerprint density at radius 1 is 0.776 bits per heavy atom. The van der Waals surface area contributed by atoms with Crippen molar-refractivity contribution >= 4 is 56.5 Å². The molecule has 11 rings (SSSR count). The number of fused-ring (bicyclic) bond motifs is 10. The maximum absolute atomic E-state index is 14.5. The molecule has 11 heteroatoms. The van der Waals surface area contributed by atoms with Gasteiger partial charge in [0.2, 0.25) is 17.6 Å². The van der Waals surface area contributed by atoms with Crippen LogP contribution in [0.4, 0.5) is 11.4 Å². The van der Waals surface area contributed by atoms with Gasteiger partial charge in [0.1, 0.15) is 17.1 Å². The van der Waals surface area contributed by atoms with Gasteiger partial charge in [0.15, 0.2) is 5.88 Å². The lowest BCUT2D eigenvalue weighted by molar-refractivity contribution is -0.123. The van der Waals surface area contributed by atoms with Gasteiger partial charge in [0.25, 0.3) is 5.56 Å². The van der Waals surface area contributed by atoms with E-state index in [9.17, 15) is 24.3 Å². The van der Waals surface area contributed by atoms with Gasteiger partial charge in [-0.25, -0.2) is 14.9 Å². The number of benzene rings is 5. The molecule has 1 spiro atoms. The molecule has 2 amide bonds. The fourth-order valence-corrected chi connectivity index (χ4v) is 9.66. The van der Waals surface area contributed by atoms with Gasteiger partial charge in [-0.3, -0.25) is 29.1 Å². The summed E-state index contributed by atoms with van der Waals surface area (Å²) in [6, 6.07) is 35.1. The van der Waals surface area contributed by atoms with Crippen LogP contribution in [0.2, 0.25) is 0 Å². The van der Waals surface area contributed by atoms with Gasteiger partial charge >= 0.3 is 0 Å². The zero-order valence-corrected chi connectivity index (χ0v) is 32.1. The second-order valence-electron chi connectivity index (χ2n) is 15.9. The fraction of sp³-hybridized carbons (Fsp3) is 0.191. The zero-order valence-electron chi connectivity index (χ0n) is 32.1. The van der Waals surface area contributed by atoms with E-state index in [0.29, 0.717) is 50.6 Å². The molecule has 4 aliphatic rings. The minimum Gasteiger partial charge on any atom is -0.494 e. The minimum absolute atomic E-state index is 0.0221. The average molecular weight is 767 g/mol. The Morgan fingerprint density at radius 2 is 1.45 bits per heavy atom. The molecule has 2 aromatic heterocycles. The van der Waals surface area contributed by atoms with E-state index in [1.54, 1.807) is 22.8 Å². The number of para-hydroxylation sites is 4. The van der Waals surface area contributed by atoms with Crippen LogP contribution >= 0.6 is 0 Å². The van der Waals surface area contributed by atoms with E-state index in [4.69, 9.17) is 4.98 Å². The Bertz CT molecular complexity index is 3010. The Balaban J connectivity index is 0.000000171. The van der Waals surface area contributed by atoms with Crippen LogP contribution in [0, 0.1) is 31.6 Å². The number of aromatic hydroxyl groups is 1. The first kappa shape index (κ1) is 35.4. The van der Waals surface area contributed by atoms with Crippen LogP contribution < -0.4 is 15.8 Å². The number of ketones is 1. The highest BCUT2D eigenvalue weighted by Gasteiger charge is 2.70. The summed E-state index contributed by atoms with van der Waals surface area (Å²) in [5.74, 6) is -1.43. The molecule has 0 saturated carbocycles. The number of nitrogens with zero attached hydrogens (tertiary/aromatic N) is 4. The normalized spacial score (nSPS) is 21.4. The zero-order chi connectivity index (χ0) is 40.2. The lowest BCUT2D eigenvalue weighted by atomic mass is 9.75. The summed E-state index contributed by atoms with van der Waals surface area (Å²) < 4.78 is 1.64. The number of hydrogen-bond acceptors (Lipinski definition) is 8. The number of amides is 2. The number of aromatic amines is 1. The van der Waals surface area contributed by atoms with E-state index < -0.39 is 17.4 Å². The summed E-state index contributed by atoms with van der Waals surface area (Å²) >= 11 is 0. The number of hydrogen-bond donors (Lipinski definition) is 3. The molecule has 0 aliphatic carbocycles. The standard InChI is InChI=1S/C31H28N4O3.C16H10N2O2/c1-16(2)26-24-25(29(38)34(28(24)37)19-14-17(3)13-18(4)15-19)31(33-26)21-10-6-8-12-23(21)35-27(36)20-9-5-7-11-22(20)32-30(31)35;19-15-10-6-2-4-8-12(10)17-14(15)13-9-5-1-3-7-11(9)18-16(13)20/h5-16,24-26,33H,1-4H3;1-8,18,20H/t24-,25-,26?,31?;/m1./s1. The quantitative estimate of drug-likeness (QED) is 0.161. The number of nitrogens with one attached hydrogen (secondary N) is 2. The van der Waals surface area contributed by atoms with E-state index in [1.807, 2.05) is 111 Å². The predicted octanol–water partition coefficient (Wildman–Crippen LogP) is 7.18. The molecule has 3 N–H and O–H groups in total. The van der Waals surface area contributed by atoms with Crippen LogP contribution in [0.15, 0.2) is 125 Å². The van der Waals surface area contributed by atoms with Crippen molar-refractivity contribution in [2.75, 3.05) is 4.90 Å². The molecule has 11 nitrogen and oxygen atoms in total. The highest BCUT2D eigenvalue weighted by Crippen LogP contribution is 2.56. The largest absolute Gasteiger partial charge is 0.494 e. The maximum Gasteiger partial charge on any atom is 0.266 e. The Kier molecular flexibility index (Phi) is 7.80. The summed E-state index contributed by atoms with van der Waals surface area (Å²) in [4.78, 5) is 68.6. The van der Waals surface area contributed by atoms with E-state index in [1.165, 1.54) is 4.90 Å². The summed E-state index contributed by atoms with van der Waals surface area (Å²) in [6.45, 7) is 8.06. The first-order valence-corrected chi connectivity index (χ1v) is 19.4. The fourth-order valence-electron chi connectivity index (χ4n) is 9.66. The van der Waals surface area contributed by atoms with Crippen molar-refractivity contribution in [3.63, 3.8) is 0 Å². The van der Waals surface area contributed by atoms with Crippen LogP contribution in [-0.4, -0.2) is 49.0 Å². The van der Waals surface area contributed by atoms with Crippen molar-refractivity contribution in [2.24, 2.45) is 22.7 Å². The Hall–Kier alpha value is -6.98. The third-order valence-electron chi connectivity index (χ3n) is 12.0.